The summed E-state index contributed by atoms with van der Waals surface area (Å²) in [6.07, 6.45) is 1.49. The van der Waals surface area contributed by atoms with E-state index in [1.807, 2.05) is 0 Å². The van der Waals surface area contributed by atoms with Crippen LogP contribution in [0.25, 0.3) is 0 Å². The van der Waals surface area contributed by atoms with E-state index in [9.17, 15) is 0 Å². The van der Waals surface area contributed by atoms with Crippen LogP contribution in [0.5, 0.6) is 0 Å². The second-order valence-corrected chi connectivity index (χ2v) is 4.23. The summed E-state index contributed by atoms with van der Waals surface area (Å²) in [6.45, 7) is 3.06. The first-order valence-corrected chi connectivity index (χ1v) is 5.33. The first kappa shape index (κ1) is 8.30. The monoisotopic (exact) mass is 189 g/mol. The highest BCUT2D eigenvalue weighted by Crippen LogP contribution is 2.41. The van der Waals surface area contributed by atoms with Crippen molar-refractivity contribution in [3.8, 4) is 0 Å². The fraction of sp³-hybridized carbons (Fsp3) is 0.500. The number of para-hydroxylation sites is 1. The molecule has 0 radical (unpaired) electrons. The van der Waals surface area contributed by atoms with Crippen molar-refractivity contribution in [2.24, 2.45) is 0 Å². The molecular formula is C12H15NO. The van der Waals surface area contributed by atoms with Crippen LogP contribution in [0.15, 0.2) is 24.3 Å². The lowest BCUT2D eigenvalue weighted by atomic mass is 9.88. The van der Waals surface area contributed by atoms with Gasteiger partial charge >= 0.3 is 0 Å². The molecule has 0 aromatic heterocycles. The maximum atomic E-state index is 5.66. The van der Waals surface area contributed by atoms with Crippen molar-refractivity contribution in [2.45, 2.75) is 31.4 Å². The highest BCUT2D eigenvalue weighted by molar-refractivity contribution is 5.59. The lowest BCUT2D eigenvalue weighted by molar-refractivity contribution is 0.0119. The molecule has 0 bridgehead atoms. The Kier molecular flexibility index (Phi) is 1.77. The Hall–Kier alpha value is -1.02. The number of rotatable bonds is 0. The molecule has 2 aliphatic heterocycles. The minimum Gasteiger partial charge on any atom is -0.379 e. The van der Waals surface area contributed by atoms with Gasteiger partial charge in [0.1, 0.15) is 0 Å². The summed E-state index contributed by atoms with van der Waals surface area (Å²) in [5.74, 6) is 0.662. The van der Waals surface area contributed by atoms with E-state index in [0.29, 0.717) is 18.1 Å². The molecule has 2 heteroatoms. The van der Waals surface area contributed by atoms with E-state index in [1.165, 1.54) is 11.3 Å². The molecule has 2 heterocycles. The van der Waals surface area contributed by atoms with Crippen molar-refractivity contribution >= 4 is 5.69 Å². The van der Waals surface area contributed by atoms with E-state index in [0.717, 1.165) is 13.0 Å². The summed E-state index contributed by atoms with van der Waals surface area (Å²) in [5, 5.41) is 3.56. The van der Waals surface area contributed by atoms with Crippen molar-refractivity contribution in [1.29, 1.82) is 0 Å². The van der Waals surface area contributed by atoms with Gasteiger partial charge in [0.2, 0.25) is 0 Å². The fourth-order valence-corrected chi connectivity index (χ4v) is 2.69. The van der Waals surface area contributed by atoms with E-state index in [4.69, 9.17) is 4.74 Å². The maximum absolute atomic E-state index is 5.66. The number of hydrogen-bond donors (Lipinski definition) is 1. The molecule has 1 N–H and O–H groups in total. The van der Waals surface area contributed by atoms with Crippen molar-refractivity contribution in [3.05, 3.63) is 29.8 Å². The molecule has 1 fully saturated rings. The molecule has 0 aliphatic carbocycles. The lowest BCUT2D eigenvalue weighted by Gasteiger charge is -2.31. The molecule has 1 saturated heterocycles. The summed E-state index contributed by atoms with van der Waals surface area (Å²) in [7, 11) is 0. The van der Waals surface area contributed by atoms with Crippen molar-refractivity contribution < 1.29 is 4.74 Å². The van der Waals surface area contributed by atoms with Crippen molar-refractivity contribution in [3.63, 3.8) is 0 Å². The van der Waals surface area contributed by atoms with Crippen LogP contribution < -0.4 is 5.32 Å². The third kappa shape index (κ3) is 1.07. The molecule has 0 saturated carbocycles. The summed E-state index contributed by atoms with van der Waals surface area (Å²) in [5.41, 5.74) is 2.78. The Bertz CT molecular complexity index is 350. The molecule has 74 valence electrons. The SMILES string of the molecule is CC1OCCC2c3ccccc3NC12. The predicted molar refractivity (Wildman–Crippen MR) is 56.6 cm³/mol. The zero-order chi connectivity index (χ0) is 9.54. The van der Waals surface area contributed by atoms with Gasteiger partial charge in [-0.15, -0.1) is 0 Å². The van der Waals surface area contributed by atoms with Crippen LogP contribution in [0.4, 0.5) is 5.69 Å². The van der Waals surface area contributed by atoms with Crippen LogP contribution in [0.2, 0.25) is 0 Å². The van der Waals surface area contributed by atoms with Crippen molar-refractivity contribution in [2.75, 3.05) is 11.9 Å². The van der Waals surface area contributed by atoms with Gasteiger partial charge in [-0.25, -0.2) is 0 Å². The Balaban J connectivity index is 2.00. The number of anilines is 1. The number of fused-ring (bicyclic) bond motifs is 3. The maximum Gasteiger partial charge on any atom is 0.0753 e. The largest absolute Gasteiger partial charge is 0.379 e. The number of hydrogen-bond acceptors (Lipinski definition) is 2. The highest BCUT2D eigenvalue weighted by atomic mass is 16.5. The van der Waals surface area contributed by atoms with Gasteiger partial charge in [0.15, 0.2) is 0 Å². The fourth-order valence-electron chi connectivity index (χ4n) is 2.69. The lowest BCUT2D eigenvalue weighted by Crippen LogP contribution is -2.39. The molecular weight excluding hydrogens is 174 g/mol. The van der Waals surface area contributed by atoms with Crippen LogP contribution in [-0.2, 0) is 4.74 Å². The molecule has 2 aliphatic rings. The normalized spacial score (nSPS) is 34.5. The average Bonchev–Trinajstić information content (AvgIpc) is 2.59. The number of ether oxygens (including phenoxy) is 1. The molecule has 0 amide bonds. The minimum absolute atomic E-state index is 0.334. The Morgan fingerprint density at radius 3 is 3.14 bits per heavy atom. The van der Waals surface area contributed by atoms with E-state index < -0.39 is 0 Å². The second kappa shape index (κ2) is 2.99. The predicted octanol–water partition coefficient (Wildman–Crippen LogP) is 2.37. The van der Waals surface area contributed by atoms with Gasteiger partial charge in [-0.05, 0) is 25.0 Å². The zero-order valence-electron chi connectivity index (χ0n) is 8.36. The molecule has 3 atom stereocenters. The van der Waals surface area contributed by atoms with Gasteiger partial charge < -0.3 is 10.1 Å². The third-order valence-corrected chi connectivity index (χ3v) is 3.43. The Labute approximate surface area is 84.3 Å². The van der Waals surface area contributed by atoms with E-state index in [-0.39, 0.29) is 0 Å². The first-order valence-electron chi connectivity index (χ1n) is 5.33. The molecule has 14 heavy (non-hydrogen) atoms. The number of nitrogens with one attached hydrogen (secondary N) is 1. The van der Waals surface area contributed by atoms with Crippen LogP contribution in [0.3, 0.4) is 0 Å². The van der Waals surface area contributed by atoms with Crippen LogP contribution in [0, 0.1) is 0 Å². The van der Waals surface area contributed by atoms with Gasteiger partial charge in [0.05, 0.1) is 12.1 Å². The molecule has 1 aromatic carbocycles. The van der Waals surface area contributed by atoms with Gasteiger partial charge in [-0.3, -0.25) is 0 Å². The van der Waals surface area contributed by atoms with Gasteiger partial charge in [0.25, 0.3) is 0 Å². The summed E-state index contributed by atoms with van der Waals surface area (Å²) < 4.78 is 5.66. The van der Waals surface area contributed by atoms with Gasteiger partial charge in [-0.2, -0.15) is 0 Å². The third-order valence-electron chi connectivity index (χ3n) is 3.43. The first-order chi connectivity index (χ1) is 6.86. The van der Waals surface area contributed by atoms with E-state index in [1.54, 1.807) is 0 Å². The Morgan fingerprint density at radius 1 is 1.36 bits per heavy atom. The highest BCUT2D eigenvalue weighted by Gasteiger charge is 2.38. The molecule has 2 nitrogen and oxygen atoms in total. The quantitative estimate of drug-likeness (QED) is 0.676. The van der Waals surface area contributed by atoms with Crippen molar-refractivity contribution in [1.82, 2.24) is 0 Å². The van der Waals surface area contributed by atoms with E-state index in [2.05, 4.69) is 36.5 Å². The minimum atomic E-state index is 0.334. The average molecular weight is 189 g/mol. The van der Waals surface area contributed by atoms with E-state index >= 15 is 0 Å². The number of benzene rings is 1. The van der Waals surface area contributed by atoms with Crippen LogP contribution in [-0.4, -0.2) is 18.8 Å². The second-order valence-electron chi connectivity index (χ2n) is 4.23. The summed E-state index contributed by atoms with van der Waals surface area (Å²) >= 11 is 0. The molecule has 1 aromatic rings. The Morgan fingerprint density at radius 2 is 2.21 bits per heavy atom. The standard InChI is InChI=1S/C12H15NO/c1-8-12-10(6-7-14-8)9-4-2-3-5-11(9)13-12/h2-5,8,10,12-13H,6-7H2,1H3. The van der Waals surface area contributed by atoms with Gasteiger partial charge in [-0.1, -0.05) is 18.2 Å². The molecule has 3 unspecified atom stereocenters. The summed E-state index contributed by atoms with van der Waals surface area (Å²) in [4.78, 5) is 0. The smallest absolute Gasteiger partial charge is 0.0753 e. The van der Waals surface area contributed by atoms with Gasteiger partial charge in [0, 0.05) is 18.2 Å². The molecule has 3 rings (SSSR count). The summed E-state index contributed by atoms with van der Waals surface area (Å²) in [6, 6.07) is 9.12. The molecule has 0 spiro atoms. The topological polar surface area (TPSA) is 21.3 Å². The zero-order valence-corrected chi connectivity index (χ0v) is 8.36. The van der Waals surface area contributed by atoms with Crippen LogP contribution in [0.1, 0.15) is 24.8 Å². The van der Waals surface area contributed by atoms with Crippen LogP contribution >= 0.6 is 0 Å².